The average molecular weight is 798 g/mol. The molecule has 300 valence electrons. The molecule has 3 aliphatic rings. The largest absolute Gasteiger partial charge is 0.310 e. The molecule has 8 aromatic carbocycles. The van der Waals surface area contributed by atoms with Crippen molar-refractivity contribution in [3.63, 3.8) is 0 Å². The molecule has 1 nitrogen and oxygen atoms in total. The summed E-state index contributed by atoms with van der Waals surface area (Å²) in [7, 11) is 0. The quantitative estimate of drug-likeness (QED) is 0.148. The summed E-state index contributed by atoms with van der Waals surface area (Å²) in [4.78, 5) is 2.52. The lowest BCUT2D eigenvalue weighted by Gasteiger charge is -2.37. The Morgan fingerprint density at radius 2 is 0.919 bits per heavy atom. The van der Waals surface area contributed by atoms with Gasteiger partial charge in [-0.05, 0) is 128 Å². The minimum atomic E-state index is 0.0532. The van der Waals surface area contributed by atoms with Gasteiger partial charge in [-0.1, -0.05) is 208 Å². The van der Waals surface area contributed by atoms with E-state index in [0.717, 1.165) is 12.1 Å². The second kappa shape index (κ2) is 16.1. The summed E-state index contributed by atoms with van der Waals surface area (Å²) in [5, 5.41) is 0. The number of para-hydroxylation sites is 1. The zero-order valence-corrected chi connectivity index (χ0v) is 35.5. The van der Waals surface area contributed by atoms with Gasteiger partial charge in [0.15, 0.2) is 0 Å². The van der Waals surface area contributed by atoms with Gasteiger partial charge in [0.25, 0.3) is 0 Å². The fraction of sp³-hybridized carbons (Fsp3) is 0.148. The Hall–Kier alpha value is -6.96. The monoisotopic (exact) mass is 797 g/mol. The molecule has 0 aromatic heterocycles. The first kappa shape index (κ1) is 38.0. The van der Waals surface area contributed by atoms with Crippen LogP contribution in [0, 0.1) is 5.92 Å². The van der Waals surface area contributed by atoms with Gasteiger partial charge in [-0.25, -0.2) is 0 Å². The van der Waals surface area contributed by atoms with Gasteiger partial charge in [0.2, 0.25) is 0 Å². The smallest absolute Gasteiger partial charge is 0.0540 e. The van der Waals surface area contributed by atoms with E-state index < -0.39 is 0 Å². The lowest BCUT2D eigenvalue weighted by Crippen LogP contribution is -2.28. The van der Waals surface area contributed by atoms with Crippen molar-refractivity contribution in [2.45, 2.75) is 50.9 Å². The van der Waals surface area contributed by atoms with Crippen LogP contribution in [0.25, 0.3) is 61.2 Å². The van der Waals surface area contributed by atoms with Crippen molar-refractivity contribution in [1.82, 2.24) is 0 Å². The fourth-order valence-electron chi connectivity index (χ4n) is 10.9. The summed E-state index contributed by atoms with van der Waals surface area (Å²) in [6.45, 7) is 2.35. The number of rotatable bonds is 8. The van der Waals surface area contributed by atoms with Crippen molar-refractivity contribution in [3.05, 3.63) is 229 Å². The molecule has 3 aliphatic carbocycles. The van der Waals surface area contributed by atoms with Crippen LogP contribution in [0.4, 0.5) is 17.1 Å². The van der Waals surface area contributed by atoms with E-state index in [1.54, 1.807) is 0 Å². The first-order valence-corrected chi connectivity index (χ1v) is 22.6. The fourth-order valence-corrected chi connectivity index (χ4v) is 10.9. The summed E-state index contributed by atoms with van der Waals surface area (Å²) in [6.07, 6.45) is 14.1. The molecule has 1 heteroatoms. The molecule has 1 fully saturated rings. The molecule has 0 heterocycles. The molecule has 62 heavy (non-hydrogen) atoms. The zero-order chi connectivity index (χ0) is 41.5. The number of hydrogen-bond acceptors (Lipinski definition) is 1. The predicted molar refractivity (Wildman–Crippen MR) is 263 cm³/mol. The zero-order valence-electron chi connectivity index (χ0n) is 35.5. The molecule has 0 bridgehead atoms. The van der Waals surface area contributed by atoms with Crippen LogP contribution in [0.15, 0.2) is 212 Å². The molecule has 11 rings (SSSR count). The van der Waals surface area contributed by atoms with Crippen LogP contribution in [0.3, 0.4) is 0 Å². The predicted octanol–water partition coefficient (Wildman–Crippen LogP) is 17.0. The molecule has 0 radical (unpaired) electrons. The minimum absolute atomic E-state index is 0.0532. The summed E-state index contributed by atoms with van der Waals surface area (Å²) in [6, 6.07) is 72.5. The van der Waals surface area contributed by atoms with Crippen LogP contribution < -0.4 is 4.90 Å². The van der Waals surface area contributed by atoms with Gasteiger partial charge in [-0.2, -0.15) is 0 Å². The highest BCUT2D eigenvalue weighted by molar-refractivity contribution is 5.97. The molecular formula is C61H51N. The van der Waals surface area contributed by atoms with E-state index in [0.29, 0.717) is 5.92 Å². The van der Waals surface area contributed by atoms with E-state index in [2.05, 4.69) is 224 Å². The Kier molecular flexibility index (Phi) is 9.89. The van der Waals surface area contributed by atoms with Gasteiger partial charge in [0, 0.05) is 22.4 Å². The Labute approximate surface area is 367 Å². The highest BCUT2D eigenvalue weighted by Gasteiger charge is 2.44. The average Bonchev–Trinajstić information content (AvgIpc) is 3.60. The van der Waals surface area contributed by atoms with Crippen molar-refractivity contribution in [2.75, 3.05) is 4.90 Å². The summed E-state index contributed by atoms with van der Waals surface area (Å²) < 4.78 is 0. The lowest BCUT2D eigenvalue weighted by molar-refractivity contribution is 0.353. The summed E-state index contributed by atoms with van der Waals surface area (Å²) >= 11 is 0. The second-order valence-electron chi connectivity index (χ2n) is 17.5. The standard InChI is InChI=1S/C61H51N/c1-43-18-6-7-21-50(43)51-22-8-9-23-52(51)53-24-10-11-25-54(53)57-27-13-15-29-60(57)62(48-36-34-47(35-37-48)46-32-30-45(31-33-46)44-19-4-2-5-20-44)49-38-39-56-55-26-12-14-28-58(55)61(59(56)42-49)40-16-3-17-41-61/h2,4-15,19-39,42-43H,3,16-18,40-41H2,1H3. The summed E-state index contributed by atoms with van der Waals surface area (Å²) in [5.41, 5.74) is 21.9. The van der Waals surface area contributed by atoms with Crippen LogP contribution in [-0.4, -0.2) is 0 Å². The van der Waals surface area contributed by atoms with E-state index in [1.165, 1.54) is 121 Å². The first-order valence-electron chi connectivity index (χ1n) is 22.6. The number of fused-ring (bicyclic) bond motifs is 5. The van der Waals surface area contributed by atoms with E-state index in [-0.39, 0.29) is 5.41 Å². The molecule has 0 N–H and O–H groups in total. The number of benzene rings is 8. The highest BCUT2D eigenvalue weighted by atomic mass is 15.1. The van der Waals surface area contributed by atoms with Crippen LogP contribution in [0.2, 0.25) is 0 Å². The van der Waals surface area contributed by atoms with Gasteiger partial charge in [-0.15, -0.1) is 0 Å². The molecule has 1 spiro atoms. The van der Waals surface area contributed by atoms with Crippen LogP contribution >= 0.6 is 0 Å². The Morgan fingerprint density at radius 1 is 0.419 bits per heavy atom. The van der Waals surface area contributed by atoms with Gasteiger partial charge >= 0.3 is 0 Å². The molecule has 0 saturated heterocycles. The number of allylic oxidation sites excluding steroid dienone is 4. The highest BCUT2D eigenvalue weighted by Crippen LogP contribution is 2.57. The van der Waals surface area contributed by atoms with E-state index in [9.17, 15) is 0 Å². The van der Waals surface area contributed by atoms with Crippen LogP contribution in [0.5, 0.6) is 0 Å². The third-order valence-electron chi connectivity index (χ3n) is 14.0. The van der Waals surface area contributed by atoms with Crippen molar-refractivity contribution >= 4 is 22.6 Å². The maximum absolute atomic E-state index is 2.55. The van der Waals surface area contributed by atoms with Gasteiger partial charge in [-0.3, -0.25) is 0 Å². The lowest BCUT2D eigenvalue weighted by atomic mass is 9.68. The van der Waals surface area contributed by atoms with E-state index >= 15 is 0 Å². The SMILES string of the molecule is CC1CC=CC=C1c1ccccc1-c1ccccc1-c1ccccc1N(c1ccc(-c2ccc(-c3ccccc3)cc2)cc1)c1ccc2c(c1)C1(CCCCC1)c1ccccc1-2. The Morgan fingerprint density at radius 3 is 1.60 bits per heavy atom. The maximum Gasteiger partial charge on any atom is 0.0540 e. The second-order valence-corrected chi connectivity index (χ2v) is 17.5. The topological polar surface area (TPSA) is 3.24 Å². The molecule has 0 aliphatic heterocycles. The van der Waals surface area contributed by atoms with Crippen LogP contribution in [-0.2, 0) is 5.41 Å². The van der Waals surface area contributed by atoms with Crippen LogP contribution in [0.1, 0.15) is 62.1 Å². The Bertz CT molecular complexity index is 2960. The van der Waals surface area contributed by atoms with Gasteiger partial charge in [0.1, 0.15) is 0 Å². The molecule has 1 saturated carbocycles. The normalized spacial score (nSPS) is 16.1. The van der Waals surface area contributed by atoms with Crippen molar-refractivity contribution in [2.24, 2.45) is 5.92 Å². The number of anilines is 3. The molecule has 8 aromatic rings. The molecule has 0 amide bonds. The molecule has 1 unspecified atom stereocenters. The summed E-state index contributed by atoms with van der Waals surface area (Å²) in [5.74, 6) is 0.458. The van der Waals surface area contributed by atoms with Crippen molar-refractivity contribution < 1.29 is 0 Å². The van der Waals surface area contributed by atoms with E-state index in [4.69, 9.17) is 0 Å². The molecule has 1 atom stereocenters. The van der Waals surface area contributed by atoms with E-state index in [1.807, 2.05) is 0 Å². The first-order chi connectivity index (χ1) is 30.7. The maximum atomic E-state index is 2.55. The Balaban J connectivity index is 1.07. The minimum Gasteiger partial charge on any atom is -0.310 e. The van der Waals surface area contributed by atoms with Crippen molar-refractivity contribution in [3.8, 4) is 55.6 Å². The number of hydrogen-bond donors (Lipinski definition) is 0. The number of nitrogens with zero attached hydrogens (tertiary/aromatic N) is 1. The third kappa shape index (κ3) is 6.64. The van der Waals surface area contributed by atoms with Gasteiger partial charge in [0.05, 0.1) is 5.69 Å². The van der Waals surface area contributed by atoms with Crippen molar-refractivity contribution in [1.29, 1.82) is 0 Å². The third-order valence-corrected chi connectivity index (χ3v) is 14.0. The molecular weight excluding hydrogens is 747 g/mol. The van der Waals surface area contributed by atoms with Gasteiger partial charge < -0.3 is 4.90 Å².